The molecule has 0 aromatic heterocycles. The molecule has 0 radical (unpaired) electrons. The van der Waals surface area contributed by atoms with E-state index in [1.165, 1.54) is 45.6 Å². The van der Waals surface area contributed by atoms with Crippen LogP contribution in [-0.2, 0) is 0 Å². The molecule has 6 aromatic carbocycles. The van der Waals surface area contributed by atoms with Gasteiger partial charge in [-0.3, -0.25) is 5.41 Å². The van der Waals surface area contributed by atoms with Gasteiger partial charge in [0.25, 0.3) is 0 Å². The number of fused-ring (bicyclic) bond motifs is 5. The van der Waals surface area contributed by atoms with Gasteiger partial charge in [-0.15, -0.1) is 0 Å². The first kappa shape index (κ1) is 23.0. The highest BCUT2D eigenvalue weighted by Gasteiger charge is 2.31. The van der Waals surface area contributed by atoms with Gasteiger partial charge in [0.15, 0.2) is 0 Å². The van der Waals surface area contributed by atoms with Gasteiger partial charge in [-0.25, -0.2) is 0 Å². The van der Waals surface area contributed by atoms with Crippen LogP contribution in [0.3, 0.4) is 0 Å². The molecule has 6 aromatic rings. The van der Waals surface area contributed by atoms with E-state index in [0.717, 1.165) is 38.7 Å². The van der Waals surface area contributed by atoms with Crippen molar-refractivity contribution in [3.05, 3.63) is 149 Å². The first-order valence-electron chi connectivity index (χ1n) is 14.1. The molecule has 1 saturated carbocycles. The quantitative estimate of drug-likeness (QED) is 0.179. The summed E-state index contributed by atoms with van der Waals surface area (Å²) in [5, 5.41) is 20.8. The Morgan fingerprint density at radius 1 is 0.625 bits per heavy atom. The third kappa shape index (κ3) is 3.76. The fraction of sp³-hybridized carbons (Fsp3) is 0.0789. The summed E-state index contributed by atoms with van der Waals surface area (Å²) >= 11 is 0. The van der Waals surface area contributed by atoms with Crippen LogP contribution in [0.4, 0.5) is 0 Å². The highest BCUT2D eigenvalue weighted by atomic mass is 14.9. The Balaban J connectivity index is 1.44. The van der Waals surface area contributed by atoms with E-state index < -0.39 is 0 Å². The maximum absolute atomic E-state index is 9.94. The molecule has 190 valence electrons. The van der Waals surface area contributed by atoms with Crippen molar-refractivity contribution < 1.29 is 0 Å². The minimum Gasteiger partial charge on any atom is -0.358 e. The van der Waals surface area contributed by atoms with E-state index in [-0.39, 0.29) is 0 Å². The number of nitrogens with one attached hydrogen (secondary N) is 2. The molecule has 2 heteroatoms. The molecule has 2 N–H and O–H groups in total. The zero-order chi connectivity index (χ0) is 26.6. The van der Waals surface area contributed by atoms with Crippen LogP contribution in [0, 0.1) is 11.3 Å². The van der Waals surface area contributed by atoms with Crippen LogP contribution >= 0.6 is 0 Å². The molecule has 0 unspecified atom stereocenters. The number of allylic oxidation sites excluding steroid dienone is 2. The summed E-state index contributed by atoms with van der Waals surface area (Å²) in [6.45, 7) is 0. The predicted octanol–water partition coefficient (Wildman–Crippen LogP) is 9.44. The van der Waals surface area contributed by atoms with Crippen molar-refractivity contribution in [2.45, 2.75) is 12.8 Å². The fourth-order valence-corrected chi connectivity index (χ4v) is 6.23. The third-order valence-corrected chi connectivity index (χ3v) is 8.40. The Kier molecular flexibility index (Phi) is 5.21. The Hall–Kier alpha value is -4.95. The van der Waals surface area contributed by atoms with Crippen LogP contribution in [-0.4, -0.2) is 5.71 Å². The Morgan fingerprint density at radius 3 is 2.12 bits per heavy atom. The van der Waals surface area contributed by atoms with E-state index >= 15 is 0 Å². The molecule has 0 amide bonds. The highest BCUT2D eigenvalue weighted by Crippen LogP contribution is 2.43. The lowest BCUT2D eigenvalue weighted by molar-refractivity contribution is 0.898. The van der Waals surface area contributed by atoms with E-state index in [0.29, 0.717) is 11.6 Å². The molecular formula is C38H28N2. The molecule has 2 nitrogen and oxygen atoms in total. The first-order valence-corrected chi connectivity index (χ1v) is 14.1. The first-order chi connectivity index (χ1) is 19.7. The SMILES string of the molecule is N=C(/C(=C1\NC(C2CC2)=Cc2ccccc21)c1ccc2ccccc2c1)c1cc2ccccc2c2ccccc12. The van der Waals surface area contributed by atoms with Crippen LogP contribution in [0.1, 0.15) is 35.1 Å². The molecule has 0 spiro atoms. The number of benzene rings is 6. The second kappa shape index (κ2) is 9.07. The van der Waals surface area contributed by atoms with E-state index in [1.54, 1.807) is 0 Å². The van der Waals surface area contributed by atoms with Crippen LogP contribution in [0.5, 0.6) is 0 Å². The van der Waals surface area contributed by atoms with Crippen molar-refractivity contribution in [2.24, 2.45) is 5.92 Å². The summed E-state index contributed by atoms with van der Waals surface area (Å²) in [6.07, 6.45) is 4.74. The van der Waals surface area contributed by atoms with Crippen LogP contribution in [0.2, 0.25) is 0 Å². The average molecular weight is 513 g/mol. The van der Waals surface area contributed by atoms with E-state index in [2.05, 4.69) is 133 Å². The zero-order valence-electron chi connectivity index (χ0n) is 22.1. The van der Waals surface area contributed by atoms with E-state index in [9.17, 15) is 5.41 Å². The van der Waals surface area contributed by atoms with Crippen molar-refractivity contribution in [1.29, 1.82) is 5.41 Å². The molecule has 2 aliphatic rings. The van der Waals surface area contributed by atoms with Gasteiger partial charge in [-0.2, -0.15) is 0 Å². The summed E-state index contributed by atoms with van der Waals surface area (Å²) in [6, 6.07) is 42.9. The van der Waals surface area contributed by atoms with Crippen LogP contribution < -0.4 is 5.32 Å². The molecule has 1 heterocycles. The number of hydrogen-bond acceptors (Lipinski definition) is 2. The molecular weight excluding hydrogens is 484 g/mol. The summed E-state index contributed by atoms with van der Waals surface area (Å²) in [4.78, 5) is 0. The lowest BCUT2D eigenvalue weighted by Crippen LogP contribution is -2.22. The highest BCUT2D eigenvalue weighted by molar-refractivity contribution is 6.39. The van der Waals surface area contributed by atoms with Crippen molar-refractivity contribution in [3.63, 3.8) is 0 Å². The van der Waals surface area contributed by atoms with Gasteiger partial charge in [0.05, 0.1) is 11.4 Å². The standard InChI is InChI=1S/C38H28N2/c39-37(34-22-27-11-3-5-13-30(27)32-15-7-8-16-33(32)34)36(29-20-17-24-9-1-2-10-26(24)21-29)38-31-14-6-4-12-28(31)23-35(40-38)25-18-19-25/h1-17,20-23,25,39-40H,18-19H2/b38-36-,39-37?. The molecule has 0 atom stereocenters. The minimum absolute atomic E-state index is 0.534. The predicted molar refractivity (Wildman–Crippen MR) is 169 cm³/mol. The summed E-state index contributed by atoms with van der Waals surface area (Å²) in [5.41, 5.74) is 8.12. The van der Waals surface area contributed by atoms with Crippen LogP contribution in [0.25, 0.3) is 49.7 Å². The average Bonchev–Trinajstić information content (AvgIpc) is 3.86. The van der Waals surface area contributed by atoms with Crippen molar-refractivity contribution >= 4 is 55.4 Å². The van der Waals surface area contributed by atoms with Crippen molar-refractivity contribution in [1.82, 2.24) is 5.32 Å². The van der Waals surface area contributed by atoms with Gasteiger partial charge in [-0.1, -0.05) is 109 Å². The largest absolute Gasteiger partial charge is 0.358 e. The minimum atomic E-state index is 0.534. The lowest BCUT2D eigenvalue weighted by atomic mass is 9.85. The van der Waals surface area contributed by atoms with Gasteiger partial charge in [0.2, 0.25) is 0 Å². The summed E-state index contributed by atoms with van der Waals surface area (Å²) < 4.78 is 0. The van der Waals surface area contributed by atoms with E-state index in [4.69, 9.17) is 0 Å². The van der Waals surface area contributed by atoms with Gasteiger partial charge in [0, 0.05) is 22.4 Å². The van der Waals surface area contributed by atoms with Gasteiger partial charge in [-0.05, 0) is 80.4 Å². The lowest BCUT2D eigenvalue weighted by Gasteiger charge is -2.26. The third-order valence-electron chi connectivity index (χ3n) is 8.40. The summed E-state index contributed by atoms with van der Waals surface area (Å²) in [5.74, 6) is 0.567. The number of hydrogen-bond donors (Lipinski definition) is 2. The van der Waals surface area contributed by atoms with Gasteiger partial charge < -0.3 is 5.32 Å². The smallest absolute Gasteiger partial charge is 0.0718 e. The summed E-state index contributed by atoms with van der Waals surface area (Å²) in [7, 11) is 0. The Bertz CT molecular complexity index is 2060. The maximum Gasteiger partial charge on any atom is 0.0718 e. The van der Waals surface area contributed by atoms with Crippen molar-refractivity contribution in [3.8, 4) is 0 Å². The Morgan fingerprint density at radius 2 is 1.30 bits per heavy atom. The van der Waals surface area contributed by atoms with Gasteiger partial charge >= 0.3 is 0 Å². The Labute approximate surface area is 233 Å². The van der Waals surface area contributed by atoms with Crippen LogP contribution in [0.15, 0.2) is 127 Å². The maximum atomic E-state index is 9.94. The second-order valence-electron chi connectivity index (χ2n) is 11.0. The molecule has 0 saturated heterocycles. The molecule has 0 bridgehead atoms. The molecule has 8 rings (SSSR count). The second-order valence-corrected chi connectivity index (χ2v) is 11.0. The number of rotatable bonds is 4. The molecule has 1 fully saturated rings. The monoisotopic (exact) mass is 512 g/mol. The molecule has 40 heavy (non-hydrogen) atoms. The van der Waals surface area contributed by atoms with E-state index in [1.807, 2.05) is 0 Å². The topological polar surface area (TPSA) is 35.9 Å². The normalized spacial score (nSPS) is 15.9. The van der Waals surface area contributed by atoms with Crippen molar-refractivity contribution in [2.75, 3.05) is 0 Å². The van der Waals surface area contributed by atoms with Gasteiger partial charge in [0.1, 0.15) is 0 Å². The zero-order valence-corrected chi connectivity index (χ0v) is 22.1. The fourth-order valence-electron chi connectivity index (χ4n) is 6.23. The molecule has 1 aliphatic carbocycles. The molecule has 1 aliphatic heterocycles.